The molecule has 0 N–H and O–H groups in total. The first-order valence-corrected chi connectivity index (χ1v) is 11.6. The van der Waals surface area contributed by atoms with Gasteiger partial charge in [-0.3, -0.25) is 9.55 Å². The van der Waals surface area contributed by atoms with E-state index in [4.69, 9.17) is 9.26 Å². The first-order valence-electron chi connectivity index (χ1n) is 10.7. The average molecular weight is 471 g/mol. The van der Waals surface area contributed by atoms with E-state index in [2.05, 4.69) is 57.4 Å². The third-order valence-corrected chi connectivity index (χ3v) is 6.37. The zero-order valence-corrected chi connectivity index (χ0v) is 19.8. The van der Waals surface area contributed by atoms with Gasteiger partial charge in [-0.05, 0) is 61.4 Å². The zero-order chi connectivity index (χ0) is 23.5. The van der Waals surface area contributed by atoms with E-state index < -0.39 is 0 Å². The van der Waals surface area contributed by atoms with Crippen LogP contribution in [0.4, 0.5) is 0 Å². The number of thioether (sulfide) groups is 1. The number of aromatic nitrogens is 6. The molecule has 5 aromatic rings. The molecular formula is C25H22N6O2S. The molecule has 0 radical (unpaired) electrons. The fourth-order valence-electron chi connectivity index (χ4n) is 3.53. The van der Waals surface area contributed by atoms with Crippen molar-refractivity contribution >= 4 is 11.8 Å². The molecule has 170 valence electrons. The first kappa shape index (κ1) is 21.8. The summed E-state index contributed by atoms with van der Waals surface area (Å²) in [5, 5.41) is 13.8. The normalized spacial score (nSPS) is 11.0. The molecule has 0 unspecified atom stereocenters. The summed E-state index contributed by atoms with van der Waals surface area (Å²) in [4.78, 5) is 8.68. The highest BCUT2D eigenvalue weighted by atomic mass is 32.2. The van der Waals surface area contributed by atoms with Crippen molar-refractivity contribution in [1.82, 2.24) is 29.9 Å². The SMILES string of the molecule is COc1ccccc1-c1noc(CSc2nnc(-c3ccncc3)n2-c2ccc(C)c(C)c2)n1. The number of para-hydroxylation sites is 1. The summed E-state index contributed by atoms with van der Waals surface area (Å²) in [7, 11) is 1.62. The zero-order valence-electron chi connectivity index (χ0n) is 19.0. The number of nitrogens with zero attached hydrogens (tertiary/aromatic N) is 6. The summed E-state index contributed by atoms with van der Waals surface area (Å²) in [5.74, 6) is 2.86. The Labute approximate surface area is 201 Å². The molecule has 8 nitrogen and oxygen atoms in total. The van der Waals surface area contributed by atoms with Gasteiger partial charge in [0.25, 0.3) is 0 Å². The van der Waals surface area contributed by atoms with Gasteiger partial charge in [0.05, 0.1) is 24.1 Å². The van der Waals surface area contributed by atoms with Gasteiger partial charge in [-0.2, -0.15) is 4.98 Å². The number of methoxy groups -OCH3 is 1. The Morgan fingerprint density at radius 1 is 0.971 bits per heavy atom. The molecule has 3 aromatic heterocycles. The van der Waals surface area contributed by atoms with Gasteiger partial charge in [-0.1, -0.05) is 35.1 Å². The summed E-state index contributed by atoms with van der Waals surface area (Å²) in [6.45, 7) is 4.19. The molecule has 9 heteroatoms. The van der Waals surface area contributed by atoms with Crippen molar-refractivity contribution in [2.24, 2.45) is 0 Å². The van der Waals surface area contributed by atoms with E-state index in [1.54, 1.807) is 19.5 Å². The third-order valence-electron chi connectivity index (χ3n) is 5.46. The molecule has 0 atom stereocenters. The highest BCUT2D eigenvalue weighted by Crippen LogP contribution is 2.31. The minimum atomic E-state index is 0.446. The Bertz CT molecular complexity index is 1430. The van der Waals surface area contributed by atoms with Crippen molar-refractivity contribution in [3.63, 3.8) is 0 Å². The molecule has 0 bridgehead atoms. The first-order chi connectivity index (χ1) is 16.6. The van der Waals surface area contributed by atoms with E-state index in [0.717, 1.165) is 27.8 Å². The van der Waals surface area contributed by atoms with Crippen LogP contribution in [0.5, 0.6) is 5.75 Å². The minimum absolute atomic E-state index is 0.446. The van der Waals surface area contributed by atoms with Crippen molar-refractivity contribution in [1.29, 1.82) is 0 Å². The molecule has 0 saturated heterocycles. The molecule has 3 heterocycles. The molecule has 0 aliphatic heterocycles. The molecule has 34 heavy (non-hydrogen) atoms. The maximum Gasteiger partial charge on any atom is 0.237 e. The molecule has 2 aromatic carbocycles. The second-order valence-corrected chi connectivity index (χ2v) is 8.59. The van der Waals surface area contributed by atoms with Crippen LogP contribution in [-0.4, -0.2) is 37.0 Å². The van der Waals surface area contributed by atoms with Crippen LogP contribution >= 0.6 is 11.8 Å². The second-order valence-electron chi connectivity index (χ2n) is 7.65. The van der Waals surface area contributed by atoms with Crippen molar-refractivity contribution in [2.75, 3.05) is 7.11 Å². The van der Waals surface area contributed by atoms with Gasteiger partial charge in [0, 0.05) is 18.0 Å². The van der Waals surface area contributed by atoms with Crippen LogP contribution in [0, 0.1) is 13.8 Å². The lowest BCUT2D eigenvalue weighted by atomic mass is 10.1. The largest absolute Gasteiger partial charge is 0.496 e. The van der Waals surface area contributed by atoms with Crippen LogP contribution in [0.3, 0.4) is 0 Å². The second kappa shape index (κ2) is 9.48. The van der Waals surface area contributed by atoms with Crippen LogP contribution < -0.4 is 4.74 Å². The molecule has 0 amide bonds. The number of pyridine rings is 1. The van der Waals surface area contributed by atoms with Gasteiger partial charge in [0.1, 0.15) is 5.75 Å². The highest BCUT2D eigenvalue weighted by molar-refractivity contribution is 7.98. The number of aryl methyl sites for hydroxylation is 2. The maximum absolute atomic E-state index is 5.51. The van der Waals surface area contributed by atoms with Gasteiger partial charge in [0.15, 0.2) is 11.0 Å². The van der Waals surface area contributed by atoms with Crippen molar-refractivity contribution in [3.05, 3.63) is 84.0 Å². The van der Waals surface area contributed by atoms with Crippen molar-refractivity contribution in [3.8, 4) is 34.2 Å². The lowest BCUT2D eigenvalue weighted by Gasteiger charge is -2.11. The number of rotatable bonds is 7. The summed E-state index contributed by atoms with van der Waals surface area (Å²) in [5.41, 5.74) is 5.13. The van der Waals surface area contributed by atoms with E-state index in [0.29, 0.717) is 23.2 Å². The van der Waals surface area contributed by atoms with Gasteiger partial charge < -0.3 is 9.26 Å². The highest BCUT2D eigenvalue weighted by Gasteiger charge is 2.19. The van der Waals surface area contributed by atoms with Crippen molar-refractivity contribution < 1.29 is 9.26 Å². The average Bonchev–Trinajstić information content (AvgIpc) is 3.52. The summed E-state index contributed by atoms with van der Waals surface area (Å²) < 4.78 is 13.0. The van der Waals surface area contributed by atoms with Crippen LogP contribution in [0.25, 0.3) is 28.5 Å². The van der Waals surface area contributed by atoms with Gasteiger partial charge in [-0.15, -0.1) is 10.2 Å². The number of hydrogen-bond donors (Lipinski definition) is 0. The predicted molar refractivity (Wildman–Crippen MR) is 130 cm³/mol. The molecule has 0 aliphatic rings. The number of hydrogen-bond acceptors (Lipinski definition) is 8. The topological polar surface area (TPSA) is 91.8 Å². The fraction of sp³-hybridized carbons (Fsp3) is 0.160. The minimum Gasteiger partial charge on any atom is -0.496 e. The Kier molecular flexibility index (Phi) is 6.09. The lowest BCUT2D eigenvalue weighted by Crippen LogP contribution is -2.01. The maximum atomic E-state index is 5.51. The molecule has 0 spiro atoms. The van der Waals surface area contributed by atoms with E-state index in [1.165, 1.54) is 22.9 Å². The summed E-state index contributed by atoms with van der Waals surface area (Å²) in [6.07, 6.45) is 3.50. The van der Waals surface area contributed by atoms with Crippen LogP contribution in [-0.2, 0) is 5.75 Å². The Hall–Kier alpha value is -3.98. The van der Waals surface area contributed by atoms with E-state index in [-0.39, 0.29) is 0 Å². The van der Waals surface area contributed by atoms with Crippen LogP contribution in [0.2, 0.25) is 0 Å². The molecule has 5 rings (SSSR count). The molecule has 0 saturated carbocycles. The molecule has 0 fully saturated rings. The monoisotopic (exact) mass is 470 g/mol. The van der Waals surface area contributed by atoms with Crippen LogP contribution in [0.15, 0.2) is 76.7 Å². The standard InChI is InChI=1S/C25H22N6O2S/c1-16-8-9-19(14-17(16)2)31-24(18-10-12-26-13-11-18)28-29-25(31)34-15-22-27-23(30-33-22)20-6-4-5-7-21(20)32-3/h4-14H,15H2,1-3H3. The summed E-state index contributed by atoms with van der Waals surface area (Å²) >= 11 is 1.49. The van der Waals surface area contributed by atoms with E-state index in [1.807, 2.05) is 41.0 Å². The lowest BCUT2D eigenvalue weighted by molar-refractivity contribution is 0.390. The van der Waals surface area contributed by atoms with E-state index in [9.17, 15) is 0 Å². The van der Waals surface area contributed by atoms with Crippen LogP contribution in [0.1, 0.15) is 17.0 Å². The Balaban J connectivity index is 1.46. The third kappa shape index (κ3) is 4.29. The smallest absolute Gasteiger partial charge is 0.237 e. The summed E-state index contributed by atoms with van der Waals surface area (Å²) in [6, 6.07) is 17.8. The molecular weight excluding hydrogens is 448 g/mol. The van der Waals surface area contributed by atoms with Crippen molar-refractivity contribution in [2.45, 2.75) is 24.8 Å². The quantitative estimate of drug-likeness (QED) is 0.296. The Morgan fingerprint density at radius 3 is 2.59 bits per heavy atom. The number of benzene rings is 2. The fourth-order valence-corrected chi connectivity index (χ4v) is 4.32. The van der Waals surface area contributed by atoms with Gasteiger partial charge >= 0.3 is 0 Å². The number of ether oxygens (including phenoxy) is 1. The predicted octanol–water partition coefficient (Wildman–Crippen LogP) is 5.30. The van der Waals surface area contributed by atoms with Gasteiger partial charge in [0.2, 0.25) is 11.7 Å². The Morgan fingerprint density at radius 2 is 1.79 bits per heavy atom. The molecule has 0 aliphatic carbocycles. The van der Waals surface area contributed by atoms with Gasteiger partial charge in [-0.25, -0.2) is 0 Å². The van der Waals surface area contributed by atoms with E-state index >= 15 is 0 Å².